The topological polar surface area (TPSA) is 110 Å². The van der Waals surface area contributed by atoms with Crippen LogP contribution >= 0.6 is 0 Å². The van der Waals surface area contributed by atoms with Crippen molar-refractivity contribution in [1.29, 1.82) is 0 Å². The molecule has 1 amide bonds. The van der Waals surface area contributed by atoms with E-state index >= 15 is 0 Å². The molecule has 1 aliphatic rings. The largest absolute Gasteiger partial charge is 0.382 e. The molecule has 4 aromatic rings. The summed E-state index contributed by atoms with van der Waals surface area (Å²) in [5.41, 5.74) is 8.90. The van der Waals surface area contributed by atoms with E-state index in [9.17, 15) is 4.79 Å². The molecule has 5 N–H and O–H groups in total. The Morgan fingerprint density at radius 2 is 1.78 bits per heavy atom. The van der Waals surface area contributed by atoms with Gasteiger partial charge in [-0.25, -0.2) is 4.98 Å². The van der Waals surface area contributed by atoms with E-state index < -0.39 is 5.91 Å². The van der Waals surface area contributed by atoms with Crippen molar-refractivity contribution in [2.75, 3.05) is 23.7 Å². The highest BCUT2D eigenvalue weighted by molar-refractivity contribution is 6.06. The maximum Gasteiger partial charge on any atom is 0.250 e. The minimum atomic E-state index is -0.467. The summed E-state index contributed by atoms with van der Waals surface area (Å²) in [6, 6.07) is 18.1. The fourth-order valence-corrected chi connectivity index (χ4v) is 4.09. The molecule has 2 aromatic carbocycles. The van der Waals surface area contributed by atoms with E-state index in [4.69, 9.17) is 5.73 Å². The lowest BCUT2D eigenvalue weighted by atomic mass is 10.1. The molecule has 3 heterocycles. The van der Waals surface area contributed by atoms with Crippen molar-refractivity contribution in [3.8, 4) is 5.82 Å². The smallest absolute Gasteiger partial charge is 0.250 e. The van der Waals surface area contributed by atoms with E-state index in [1.54, 1.807) is 18.5 Å². The monoisotopic (exact) mass is 427 g/mol. The van der Waals surface area contributed by atoms with Crippen molar-refractivity contribution in [3.05, 3.63) is 72.6 Å². The van der Waals surface area contributed by atoms with Gasteiger partial charge in [0.15, 0.2) is 0 Å². The van der Waals surface area contributed by atoms with Crippen LogP contribution in [0.5, 0.6) is 0 Å². The molecule has 5 rings (SSSR count). The zero-order valence-electron chi connectivity index (χ0n) is 17.6. The van der Waals surface area contributed by atoms with Crippen LogP contribution in [0, 0.1) is 0 Å². The number of nitrogens with two attached hydrogens (primary N) is 1. The first-order valence-electron chi connectivity index (χ1n) is 10.7. The molecule has 0 bridgehead atoms. The van der Waals surface area contributed by atoms with Gasteiger partial charge in [0.1, 0.15) is 5.82 Å². The molecule has 0 aliphatic carbocycles. The summed E-state index contributed by atoms with van der Waals surface area (Å²) < 4.78 is 1.86. The van der Waals surface area contributed by atoms with Gasteiger partial charge < -0.3 is 26.3 Å². The summed E-state index contributed by atoms with van der Waals surface area (Å²) in [5, 5.41) is 11.0. The van der Waals surface area contributed by atoms with Crippen molar-refractivity contribution < 1.29 is 4.79 Å². The molecule has 0 spiro atoms. The highest BCUT2D eigenvalue weighted by Crippen LogP contribution is 2.25. The lowest BCUT2D eigenvalue weighted by Gasteiger charge is -2.24. The standard InChI is InChI=1S/C24H25N7O/c25-23(32)20-15-31(21-4-2-1-3-19(20)21)22-11-14-27-24(30-22)29-17-7-5-16(6-8-17)28-18-9-12-26-13-10-18/h1-8,11,14-15,18,26,28H,9-10,12-13H2,(H2,25,32)(H,27,29,30). The number of hydrogen-bond acceptors (Lipinski definition) is 6. The summed E-state index contributed by atoms with van der Waals surface area (Å²) in [6.45, 7) is 2.12. The molecule has 8 nitrogen and oxygen atoms in total. The van der Waals surface area contributed by atoms with E-state index in [1.807, 2.05) is 41.0 Å². The quantitative estimate of drug-likeness (QED) is 0.375. The molecule has 162 valence electrons. The summed E-state index contributed by atoms with van der Waals surface area (Å²) >= 11 is 0. The van der Waals surface area contributed by atoms with Gasteiger partial charge in [-0.1, -0.05) is 18.2 Å². The molecular weight excluding hydrogens is 402 g/mol. The van der Waals surface area contributed by atoms with Gasteiger partial charge >= 0.3 is 0 Å². The maximum absolute atomic E-state index is 11.9. The number of carbonyl (C=O) groups is 1. The number of benzene rings is 2. The average Bonchev–Trinajstić information content (AvgIpc) is 3.22. The van der Waals surface area contributed by atoms with E-state index in [2.05, 4.69) is 38.1 Å². The summed E-state index contributed by atoms with van der Waals surface area (Å²) in [6.07, 6.45) is 5.68. The van der Waals surface area contributed by atoms with E-state index in [0.29, 0.717) is 23.4 Å². The second-order valence-corrected chi connectivity index (χ2v) is 7.90. The molecule has 0 unspecified atom stereocenters. The number of fused-ring (bicyclic) bond motifs is 1. The number of para-hydroxylation sites is 1. The Labute approximate surface area is 185 Å². The van der Waals surface area contributed by atoms with Crippen LogP contribution in [0.15, 0.2) is 67.0 Å². The third-order valence-corrected chi connectivity index (χ3v) is 5.72. The number of piperidine rings is 1. The second-order valence-electron chi connectivity index (χ2n) is 7.90. The zero-order valence-corrected chi connectivity index (χ0v) is 17.6. The van der Waals surface area contributed by atoms with E-state index in [1.165, 1.54) is 0 Å². The Morgan fingerprint density at radius 3 is 2.56 bits per heavy atom. The van der Waals surface area contributed by atoms with Gasteiger partial charge in [-0.2, -0.15) is 4.98 Å². The van der Waals surface area contributed by atoms with Gasteiger partial charge in [0, 0.05) is 35.2 Å². The summed E-state index contributed by atoms with van der Waals surface area (Å²) in [7, 11) is 0. The van der Waals surface area contributed by atoms with Crippen molar-refractivity contribution in [2.45, 2.75) is 18.9 Å². The van der Waals surface area contributed by atoms with Gasteiger partial charge in [0.2, 0.25) is 5.95 Å². The minimum absolute atomic E-state index is 0.463. The molecule has 32 heavy (non-hydrogen) atoms. The zero-order chi connectivity index (χ0) is 21.9. The van der Waals surface area contributed by atoms with Crippen LogP contribution in [-0.4, -0.2) is 39.6 Å². The third kappa shape index (κ3) is 4.13. The van der Waals surface area contributed by atoms with Gasteiger partial charge in [-0.15, -0.1) is 0 Å². The first-order valence-corrected chi connectivity index (χ1v) is 10.7. The average molecular weight is 428 g/mol. The van der Waals surface area contributed by atoms with E-state index in [-0.39, 0.29) is 0 Å². The number of nitrogens with one attached hydrogen (secondary N) is 3. The number of amides is 1. The van der Waals surface area contributed by atoms with Gasteiger partial charge in [0.05, 0.1) is 11.1 Å². The molecule has 0 radical (unpaired) electrons. The molecule has 1 aliphatic heterocycles. The first-order chi connectivity index (χ1) is 15.7. The van der Waals surface area contributed by atoms with Gasteiger partial charge in [-0.05, 0) is 62.3 Å². The Hall–Kier alpha value is -3.91. The minimum Gasteiger partial charge on any atom is -0.382 e. The maximum atomic E-state index is 11.9. The van der Waals surface area contributed by atoms with Gasteiger partial charge in [-0.3, -0.25) is 4.79 Å². The number of anilines is 3. The van der Waals surface area contributed by atoms with E-state index in [0.717, 1.165) is 48.2 Å². The third-order valence-electron chi connectivity index (χ3n) is 5.72. The summed E-state index contributed by atoms with van der Waals surface area (Å²) in [5.74, 6) is 0.654. The van der Waals surface area contributed by atoms with Crippen molar-refractivity contribution in [3.63, 3.8) is 0 Å². The molecular formula is C24H25N7O. The highest BCUT2D eigenvalue weighted by atomic mass is 16.1. The summed E-state index contributed by atoms with van der Waals surface area (Å²) in [4.78, 5) is 20.9. The molecule has 2 aromatic heterocycles. The van der Waals surface area contributed by atoms with Crippen LogP contribution in [0.1, 0.15) is 23.2 Å². The van der Waals surface area contributed by atoms with Crippen molar-refractivity contribution >= 4 is 34.1 Å². The van der Waals surface area contributed by atoms with Crippen molar-refractivity contribution in [1.82, 2.24) is 19.9 Å². The van der Waals surface area contributed by atoms with Gasteiger partial charge in [0.25, 0.3) is 5.91 Å². The number of carbonyl (C=O) groups excluding carboxylic acids is 1. The van der Waals surface area contributed by atoms with Crippen LogP contribution in [0.25, 0.3) is 16.7 Å². The first kappa shape index (κ1) is 20.0. The van der Waals surface area contributed by atoms with Crippen LogP contribution < -0.4 is 21.7 Å². The number of primary amides is 1. The number of hydrogen-bond donors (Lipinski definition) is 4. The number of aromatic nitrogens is 3. The Morgan fingerprint density at radius 1 is 1.03 bits per heavy atom. The Balaban J connectivity index is 1.36. The lowest BCUT2D eigenvalue weighted by Crippen LogP contribution is -2.35. The number of rotatable bonds is 6. The molecule has 8 heteroatoms. The fourth-order valence-electron chi connectivity index (χ4n) is 4.09. The van der Waals surface area contributed by atoms with Crippen LogP contribution in [0.2, 0.25) is 0 Å². The van der Waals surface area contributed by atoms with Crippen LogP contribution in [-0.2, 0) is 0 Å². The Bertz CT molecular complexity index is 1240. The molecule has 1 saturated heterocycles. The Kier molecular flexibility index (Phi) is 5.43. The molecule has 0 saturated carbocycles. The predicted molar refractivity (Wildman–Crippen MR) is 127 cm³/mol. The molecule has 1 fully saturated rings. The normalized spacial score (nSPS) is 14.4. The number of nitrogens with zero attached hydrogens (tertiary/aromatic N) is 3. The van der Waals surface area contributed by atoms with Crippen molar-refractivity contribution in [2.24, 2.45) is 5.73 Å². The second kappa shape index (κ2) is 8.68. The lowest BCUT2D eigenvalue weighted by molar-refractivity contribution is 0.100. The SMILES string of the molecule is NC(=O)c1cn(-c2ccnc(Nc3ccc(NC4CCNCC4)cc3)n2)c2ccccc12. The van der Waals surface area contributed by atoms with Crippen LogP contribution in [0.3, 0.4) is 0 Å². The van der Waals surface area contributed by atoms with Crippen LogP contribution in [0.4, 0.5) is 17.3 Å². The highest BCUT2D eigenvalue weighted by Gasteiger charge is 2.15. The molecule has 0 atom stereocenters. The predicted octanol–water partition coefficient (Wildman–Crippen LogP) is 3.43. The fraction of sp³-hybridized carbons (Fsp3) is 0.208.